The Bertz CT molecular complexity index is 1430. The quantitative estimate of drug-likeness (QED) is 0.308. The van der Waals surface area contributed by atoms with Crippen molar-refractivity contribution < 1.29 is 19.4 Å². The van der Waals surface area contributed by atoms with Gasteiger partial charge in [-0.3, -0.25) is 9.59 Å². The predicted octanol–water partition coefficient (Wildman–Crippen LogP) is 5.76. The molecule has 0 bridgehead atoms. The zero-order chi connectivity index (χ0) is 28.0. The molecule has 1 aliphatic heterocycles. The minimum atomic E-state index is -0.869. The number of nitrogens with zero attached hydrogens (tertiary/aromatic N) is 2. The Hall–Kier alpha value is -4.64. The lowest BCUT2D eigenvalue weighted by molar-refractivity contribution is -0.137. The maximum Gasteiger partial charge on any atom is 0.303 e. The van der Waals surface area contributed by atoms with Crippen molar-refractivity contribution in [2.45, 2.75) is 44.9 Å². The van der Waals surface area contributed by atoms with E-state index in [9.17, 15) is 14.9 Å². The largest absolute Gasteiger partial charge is 0.493 e. The number of nitriles is 1. The molecule has 4 rings (SSSR count). The van der Waals surface area contributed by atoms with E-state index in [1.165, 1.54) is 0 Å². The topological polar surface area (TPSA) is 124 Å². The maximum absolute atomic E-state index is 13.7. The van der Waals surface area contributed by atoms with Gasteiger partial charge in [0, 0.05) is 40.9 Å². The molecule has 0 fully saturated rings. The lowest BCUT2D eigenvalue weighted by Gasteiger charge is -2.40. The SMILES string of the molecule is C=C(Nc1ccccn1)c1ccc2c(c1)C(C)([C@@H](C)C(=O)Nc1cc(C#N)ccc1CCCC(=O)O)CCO2. The molecule has 0 aliphatic carbocycles. The number of anilines is 2. The zero-order valence-electron chi connectivity index (χ0n) is 22.2. The lowest BCUT2D eigenvalue weighted by Crippen LogP contribution is -2.42. The van der Waals surface area contributed by atoms with Gasteiger partial charge in [0.05, 0.1) is 18.2 Å². The monoisotopic (exact) mass is 524 g/mol. The number of fused-ring (bicyclic) bond motifs is 1. The fourth-order valence-electron chi connectivity index (χ4n) is 4.85. The number of rotatable bonds is 10. The Kier molecular flexibility index (Phi) is 8.30. The third-order valence-electron chi connectivity index (χ3n) is 7.45. The number of aryl methyl sites for hydroxylation is 1. The van der Waals surface area contributed by atoms with Gasteiger partial charge in [0.1, 0.15) is 11.6 Å². The summed E-state index contributed by atoms with van der Waals surface area (Å²) in [4.78, 5) is 28.9. The standard InChI is InChI=1S/C31H32N4O4/c1-20(30(38)35-26-17-22(19-32)10-11-23(26)7-6-9-29(36)37)31(3)14-16-39-27-13-12-24(18-25(27)31)21(2)34-28-8-4-5-15-33-28/h4-5,8,10-13,15,17-18,20H,2,6-7,9,14,16H2,1,3H3,(H,33,34)(H,35,38)(H,36,37)/t20-,31?/m0/s1. The first-order valence-corrected chi connectivity index (χ1v) is 12.9. The highest BCUT2D eigenvalue weighted by Crippen LogP contribution is 2.45. The summed E-state index contributed by atoms with van der Waals surface area (Å²) in [5.74, 6) is -0.0728. The van der Waals surface area contributed by atoms with Crippen molar-refractivity contribution >= 4 is 29.1 Å². The lowest BCUT2D eigenvalue weighted by atomic mass is 9.68. The number of amides is 1. The molecule has 200 valence electrons. The summed E-state index contributed by atoms with van der Waals surface area (Å²) in [7, 11) is 0. The van der Waals surface area contributed by atoms with Crippen LogP contribution in [0.2, 0.25) is 0 Å². The number of carbonyl (C=O) groups is 2. The summed E-state index contributed by atoms with van der Waals surface area (Å²) < 4.78 is 5.95. The van der Waals surface area contributed by atoms with E-state index < -0.39 is 17.3 Å². The summed E-state index contributed by atoms with van der Waals surface area (Å²) in [6, 6.07) is 18.7. The van der Waals surface area contributed by atoms with Crippen LogP contribution in [0.4, 0.5) is 11.5 Å². The van der Waals surface area contributed by atoms with Crippen molar-refractivity contribution in [2.75, 3.05) is 17.2 Å². The van der Waals surface area contributed by atoms with E-state index >= 15 is 0 Å². The van der Waals surface area contributed by atoms with Crippen molar-refractivity contribution in [1.82, 2.24) is 4.98 Å². The van der Waals surface area contributed by atoms with Gasteiger partial charge in [0.25, 0.3) is 0 Å². The van der Waals surface area contributed by atoms with Crippen molar-refractivity contribution in [3.8, 4) is 11.8 Å². The molecule has 2 heterocycles. The van der Waals surface area contributed by atoms with Crippen LogP contribution in [0.1, 0.15) is 55.4 Å². The molecule has 1 aromatic heterocycles. The summed E-state index contributed by atoms with van der Waals surface area (Å²) in [6.07, 6.45) is 3.28. The van der Waals surface area contributed by atoms with Crippen LogP contribution in [0.15, 0.2) is 67.4 Å². The van der Waals surface area contributed by atoms with Gasteiger partial charge < -0.3 is 20.5 Å². The number of benzene rings is 2. The summed E-state index contributed by atoms with van der Waals surface area (Å²) in [5.41, 5.74) is 3.69. The van der Waals surface area contributed by atoms with Crippen LogP contribution in [0.5, 0.6) is 5.75 Å². The van der Waals surface area contributed by atoms with Gasteiger partial charge in [-0.05, 0) is 72.9 Å². The van der Waals surface area contributed by atoms with Gasteiger partial charge in [0.15, 0.2) is 0 Å². The summed E-state index contributed by atoms with van der Waals surface area (Å²) in [5, 5.41) is 24.7. The summed E-state index contributed by atoms with van der Waals surface area (Å²) >= 11 is 0. The second-order valence-electron chi connectivity index (χ2n) is 9.99. The highest BCUT2D eigenvalue weighted by molar-refractivity contribution is 5.94. The van der Waals surface area contributed by atoms with Crippen LogP contribution < -0.4 is 15.4 Å². The Morgan fingerprint density at radius 2 is 2.03 bits per heavy atom. The van der Waals surface area contributed by atoms with Crippen LogP contribution in [0, 0.1) is 17.2 Å². The number of hydrogen-bond acceptors (Lipinski definition) is 6. The van der Waals surface area contributed by atoms with Crippen LogP contribution >= 0.6 is 0 Å². The smallest absolute Gasteiger partial charge is 0.303 e. The Balaban J connectivity index is 1.58. The number of carboxylic acids is 1. The number of aromatic nitrogens is 1. The molecule has 8 heteroatoms. The fourth-order valence-corrected chi connectivity index (χ4v) is 4.85. The van der Waals surface area contributed by atoms with Crippen LogP contribution in [0.3, 0.4) is 0 Å². The molecule has 1 unspecified atom stereocenters. The van der Waals surface area contributed by atoms with Gasteiger partial charge in [-0.2, -0.15) is 5.26 Å². The first-order valence-electron chi connectivity index (χ1n) is 12.9. The predicted molar refractivity (Wildman–Crippen MR) is 150 cm³/mol. The van der Waals surface area contributed by atoms with Gasteiger partial charge in [-0.1, -0.05) is 32.6 Å². The maximum atomic E-state index is 13.7. The van der Waals surface area contributed by atoms with E-state index in [-0.39, 0.29) is 12.3 Å². The molecule has 3 N–H and O–H groups in total. The van der Waals surface area contributed by atoms with E-state index in [2.05, 4.69) is 35.2 Å². The molecule has 1 amide bonds. The molecule has 39 heavy (non-hydrogen) atoms. The first-order chi connectivity index (χ1) is 18.7. The second kappa shape index (κ2) is 11.8. The molecule has 2 aromatic carbocycles. The molecule has 2 atom stereocenters. The zero-order valence-corrected chi connectivity index (χ0v) is 22.2. The van der Waals surface area contributed by atoms with Crippen molar-refractivity contribution in [3.63, 3.8) is 0 Å². The average molecular weight is 525 g/mol. The summed E-state index contributed by atoms with van der Waals surface area (Å²) in [6.45, 7) is 8.63. The average Bonchev–Trinajstić information content (AvgIpc) is 2.93. The van der Waals surface area contributed by atoms with E-state index in [0.29, 0.717) is 48.6 Å². The number of nitrogens with one attached hydrogen (secondary N) is 2. The molecule has 0 saturated carbocycles. The fraction of sp³-hybridized carbons (Fsp3) is 0.290. The Morgan fingerprint density at radius 3 is 2.74 bits per heavy atom. The minimum absolute atomic E-state index is 0.0292. The number of pyridine rings is 1. The highest BCUT2D eigenvalue weighted by Gasteiger charge is 2.42. The van der Waals surface area contributed by atoms with Crippen molar-refractivity contribution in [2.24, 2.45) is 5.92 Å². The van der Waals surface area contributed by atoms with Gasteiger partial charge in [-0.15, -0.1) is 0 Å². The van der Waals surface area contributed by atoms with Crippen molar-refractivity contribution in [3.05, 3.63) is 89.6 Å². The van der Waals surface area contributed by atoms with Gasteiger partial charge in [-0.25, -0.2) is 4.98 Å². The third-order valence-corrected chi connectivity index (χ3v) is 7.45. The van der Waals surface area contributed by atoms with Crippen LogP contribution in [-0.4, -0.2) is 28.6 Å². The van der Waals surface area contributed by atoms with Gasteiger partial charge in [0.2, 0.25) is 5.91 Å². The van der Waals surface area contributed by atoms with Crippen molar-refractivity contribution in [1.29, 1.82) is 5.26 Å². The number of carboxylic acid groups (broad SMARTS) is 1. The molecular formula is C31H32N4O4. The van der Waals surface area contributed by atoms with E-state index in [0.717, 1.165) is 22.4 Å². The molecule has 3 aromatic rings. The second-order valence-corrected chi connectivity index (χ2v) is 9.99. The van der Waals surface area contributed by atoms with Gasteiger partial charge >= 0.3 is 5.97 Å². The molecule has 0 spiro atoms. The minimum Gasteiger partial charge on any atom is -0.493 e. The van der Waals surface area contributed by atoms with E-state index in [1.54, 1.807) is 24.4 Å². The van der Waals surface area contributed by atoms with Crippen LogP contribution in [0.25, 0.3) is 5.70 Å². The van der Waals surface area contributed by atoms with E-state index in [4.69, 9.17) is 9.84 Å². The number of hydrogen-bond donors (Lipinski definition) is 3. The molecule has 0 saturated heterocycles. The number of carbonyl (C=O) groups excluding carboxylic acids is 1. The number of aliphatic carboxylic acids is 1. The first kappa shape index (κ1) is 27.4. The third kappa shape index (κ3) is 6.27. The Morgan fingerprint density at radius 1 is 1.21 bits per heavy atom. The number of ether oxygens (including phenoxy) is 1. The molecule has 0 radical (unpaired) electrons. The van der Waals surface area contributed by atoms with E-state index in [1.807, 2.05) is 43.3 Å². The molecule has 1 aliphatic rings. The molecule has 8 nitrogen and oxygen atoms in total. The molecular weight excluding hydrogens is 492 g/mol. The van der Waals surface area contributed by atoms with Crippen LogP contribution in [-0.2, 0) is 21.4 Å². The Labute approximate surface area is 228 Å². The highest BCUT2D eigenvalue weighted by atomic mass is 16.5. The normalized spacial score (nSPS) is 16.6.